The van der Waals surface area contributed by atoms with Gasteiger partial charge < -0.3 is 15.8 Å². The molecule has 0 bridgehead atoms. The van der Waals surface area contributed by atoms with Crippen LogP contribution in [0.15, 0.2) is 41.5 Å². The monoisotopic (exact) mass is 352 g/mol. The van der Waals surface area contributed by atoms with E-state index in [-0.39, 0.29) is 0 Å². The fourth-order valence-corrected chi connectivity index (χ4v) is 2.26. The number of anilines is 1. The molecule has 0 atom stereocenters. The molecule has 1 aromatic carbocycles. The van der Waals surface area contributed by atoms with Gasteiger partial charge in [-0.25, -0.2) is 9.98 Å². The highest BCUT2D eigenvalue weighted by atomic mass is 35.5. The number of ether oxygens (including phenoxy) is 1. The van der Waals surface area contributed by atoms with Gasteiger partial charge in [-0.15, -0.1) is 0 Å². The molecule has 0 saturated heterocycles. The van der Waals surface area contributed by atoms with Crippen LogP contribution in [0, 0.1) is 0 Å². The molecular formula is C16H18Cl2N4O. The minimum atomic E-state index is 0.311. The van der Waals surface area contributed by atoms with E-state index in [0.717, 1.165) is 12.1 Å². The Kier molecular flexibility index (Phi) is 6.50. The summed E-state index contributed by atoms with van der Waals surface area (Å²) >= 11 is 11.7. The molecule has 0 amide bonds. The van der Waals surface area contributed by atoms with Gasteiger partial charge in [0.05, 0.1) is 11.6 Å². The van der Waals surface area contributed by atoms with Gasteiger partial charge >= 0.3 is 0 Å². The number of nitrogens with two attached hydrogens (primary N) is 1. The van der Waals surface area contributed by atoms with E-state index in [0.29, 0.717) is 35.0 Å². The SMILES string of the molecule is CCc1ccc(NC(N)=NCCOc2ncc(Cl)cc2Cl)cc1. The smallest absolute Gasteiger partial charge is 0.232 e. The molecule has 0 radical (unpaired) electrons. The van der Waals surface area contributed by atoms with Crippen molar-refractivity contribution in [3.63, 3.8) is 0 Å². The standard InChI is InChI=1S/C16H18Cl2N4O/c1-2-11-3-5-13(6-4-11)22-16(19)20-7-8-23-15-14(18)9-12(17)10-21-15/h3-6,9-10H,2,7-8H2,1H3,(H3,19,20,22). The second-order valence-electron chi connectivity index (χ2n) is 4.73. The summed E-state index contributed by atoms with van der Waals surface area (Å²) in [5, 5.41) is 3.85. The summed E-state index contributed by atoms with van der Waals surface area (Å²) in [4.78, 5) is 8.18. The fraction of sp³-hybridized carbons (Fsp3) is 0.250. The molecule has 2 aromatic rings. The van der Waals surface area contributed by atoms with Crippen molar-refractivity contribution in [2.24, 2.45) is 10.7 Å². The number of aryl methyl sites for hydroxylation is 1. The molecular weight excluding hydrogens is 335 g/mol. The number of hydrogen-bond donors (Lipinski definition) is 2. The van der Waals surface area contributed by atoms with E-state index < -0.39 is 0 Å². The van der Waals surface area contributed by atoms with Gasteiger partial charge in [-0.1, -0.05) is 42.3 Å². The Morgan fingerprint density at radius 2 is 2.04 bits per heavy atom. The summed E-state index contributed by atoms with van der Waals surface area (Å²) in [6, 6.07) is 9.61. The second kappa shape index (κ2) is 8.60. The highest BCUT2D eigenvalue weighted by Crippen LogP contribution is 2.24. The lowest BCUT2D eigenvalue weighted by molar-refractivity contribution is 0.316. The van der Waals surface area contributed by atoms with Crippen LogP contribution in [-0.4, -0.2) is 24.1 Å². The maximum atomic E-state index is 5.96. The Morgan fingerprint density at radius 1 is 1.30 bits per heavy atom. The van der Waals surface area contributed by atoms with Crippen molar-refractivity contribution in [1.82, 2.24) is 4.98 Å². The third-order valence-corrected chi connectivity index (χ3v) is 3.50. The molecule has 0 spiro atoms. The Hall–Kier alpha value is -1.98. The third-order valence-electron chi connectivity index (χ3n) is 3.02. The summed E-state index contributed by atoms with van der Waals surface area (Å²) in [5.41, 5.74) is 8.00. The first-order chi connectivity index (χ1) is 11.1. The molecule has 0 aliphatic carbocycles. The number of aliphatic imine (C=N–C) groups is 1. The first kappa shape index (κ1) is 17.4. The van der Waals surface area contributed by atoms with Gasteiger partial charge in [0.2, 0.25) is 5.88 Å². The molecule has 0 aliphatic heterocycles. The van der Waals surface area contributed by atoms with Crippen molar-refractivity contribution in [3.05, 3.63) is 52.1 Å². The number of hydrogen-bond acceptors (Lipinski definition) is 3. The van der Waals surface area contributed by atoms with Gasteiger partial charge in [0.1, 0.15) is 11.6 Å². The third kappa shape index (κ3) is 5.62. The number of guanidine groups is 1. The van der Waals surface area contributed by atoms with E-state index in [1.165, 1.54) is 11.8 Å². The summed E-state index contributed by atoms with van der Waals surface area (Å²) in [6.07, 6.45) is 2.48. The van der Waals surface area contributed by atoms with Crippen LogP contribution in [0.4, 0.5) is 5.69 Å². The Balaban J connectivity index is 1.80. The number of rotatable bonds is 6. The van der Waals surface area contributed by atoms with Crippen LogP contribution in [0.1, 0.15) is 12.5 Å². The number of aromatic nitrogens is 1. The van der Waals surface area contributed by atoms with E-state index in [9.17, 15) is 0 Å². The number of nitrogens with zero attached hydrogens (tertiary/aromatic N) is 2. The summed E-state index contributed by atoms with van der Waals surface area (Å²) in [5.74, 6) is 0.654. The fourth-order valence-electron chi connectivity index (χ4n) is 1.83. The van der Waals surface area contributed by atoms with Crippen molar-refractivity contribution in [2.45, 2.75) is 13.3 Å². The Bertz CT molecular complexity index is 674. The molecule has 2 rings (SSSR count). The zero-order valence-corrected chi connectivity index (χ0v) is 14.2. The van der Waals surface area contributed by atoms with Crippen LogP contribution in [0.3, 0.4) is 0 Å². The van der Waals surface area contributed by atoms with Crippen molar-refractivity contribution in [2.75, 3.05) is 18.5 Å². The van der Waals surface area contributed by atoms with Gasteiger partial charge in [0.15, 0.2) is 5.96 Å². The van der Waals surface area contributed by atoms with Gasteiger partial charge in [-0.3, -0.25) is 0 Å². The summed E-state index contributed by atoms with van der Waals surface area (Å²) < 4.78 is 5.43. The van der Waals surface area contributed by atoms with E-state index in [2.05, 4.69) is 22.2 Å². The molecule has 5 nitrogen and oxygen atoms in total. The molecule has 122 valence electrons. The van der Waals surface area contributed by atoms with Crippen LogP contribution in [0.25, 0.3) is 0 Å². The van der Waals surface area contributed by atoms with Crippen molar-refractivity contribution >= 4 is 34.8 Å². The maximum absolute atomic E-state index is 5.96. The van der Waals surface area contributed by atoms with Crippen LogP contribution in [0.5, 0.6) is 5.88 Å². The van der Waals surface area contributed by atoms with E-state index in [4.69, 9.17) is 33.7 Å². The molecule has 0 aliphatic rings. The molecule has 3 N–H and O–H groups in total. The number of pyridine rings is 1. The van der Waals surface area contributed by atoms with Gasteiger partial charge in [-0.2, -0.15) is 0 Å². The summed E-state index contributed by atoms with van der Waals surface area (Å²) in [6.45, 7) is 2.80. The molecule has 7 heteroatoms. The van der Waals surface area contributed by atoms with Gasteiger partial charge in [-0.05, 0) is 30.2 Å². The first-order valence-electron chi connectivity index (χ1n) is 7.18. The first-order valence-corrected chi connectivity index (χ1v) is 7.94. The average Bonchev–Trinajstić information content (AvgIpc) is 2.54. The van der Waals surface area contributed by atoms with Crippen LogP contribution in [0.2, 0.25) is 10.0 Å². The molecule has 0 fully saturated rings. The predicted octanol–water partition coefficient (Wildman–Crippen LogP) is 3.76. The lowest BCUT2D eigenvalue weighted by Crippen LogP contribution is -2.23. The van der Waals surface area contributed by atoms with Crippen molar-refractivity contribution in [3.8, 4) is 5.88 Å². The molecule has 0 saturated carbocycles. The average molecular weight is 353 g/mol. The molecule has 1 aromatic heterocycles. The zero-order valence-electron chi connectivity index (χ0n) is 12.7. The Labute approximate surface area is 145 Å². The second-order valence-corrected chi connectivity index (χ2v) is 5.58. The summed E-state index contributed by atoms with van der Waals surface area (Å²) in [7, 11) is 0. The van der Waals surface area contributed by atoms with Crippen molar-refractivity contribution < 1.29 is 4.74 Å². The normalized spacial score (nSPS) is 11.3. The molecule has 0 unspecified atom stereocenters. The lowest BCUT2D eigenvalue weighted by atomic mass is 10.1. The largest absolute Gasteiger partial charge is 0.475 e. The number of nitrogens with one attached hydrogen (secondary N) is 1. The predicted molar refractivity (Wildman–Crippen MR) is 95.7 cm³/mol. The minimum Gasteiger partial charge on any atom is -0.475 e. The highest BCUT2D eigenvalue weighted by Gasteiger charge is 2.03. The Morgan fingerprint density at radius 3 is 2.70 bits per heavy atom. The quantitative estimate of drug-likeness (QED) is 0.471. The van der Waals surface area contributed by atoms with Crippen LogP contribution < -0.4 is 15.8 Å². The zero-order chi connectivity index (χ0) is 16.7. The van der Waals surface area contributed by atoms with E-state index >= 15 is 0 Å². The van der Waals surface area contributed by atoms with Crippen LogP contribution >= 0.6 is 23.2 Å². The van der Waals surface area contributed by atoms with Gasteiger partial charge in [0, 0.05) is 11.9 Å². The van der Waals surface area contributed by atoms with Crippen molar-refractivity contribution in [1.29, 1.82) is 0 Å². The van der Waals surface area contributed by atoms with Crippen LogP contribution in [-0.2, 0) is 6.42 Å². The number of benzene rings is 1. The molecule has 23 heavy (non-hydrogen) atoms. The highest BCUT2D eigenvalue weighted by molar-refractivity contribution is 6.35. The maximum Gasteiger partial charge on any atom is 0.232 e. The minimum absolute atomic E-state index is 0.311. The lowest BCUT2D eigenvalue weighted by Gasteiger charge is -2.07. The topological polar surface area (TPSA) is 72.5 Å². The molecule has 1 heterocycles. The van der Waals surface area contributed by atoms with Gasteiger partial charge in [0.25, 0.3) is 0 Å². The van der Waals surface area contributed by atoms with E-state index in [1.807, 2.05) is 24.3 Å². The van der Waals surface area contributed by atoms with E-state index in [1.54, 1.807) is 6.07 Å². The number of halogens is 2.